The van der Waals surface area contributed by atoms with Crippen LogP contribution in [0.1, 0.15) is 28.4 Å². The van der Waals surface area contributed by atoms with Crippen LogP contribution in [-0.4, -0.2) is 36.3 Å². The predicted molar refractivity (Wildman–Crippen MR) is 102 cm³/mol. The fourth-order valence-electron chi connectivity index (χ4n) is 2.79. The lowest BCUT2D eigenvalue weighted by Gasteiger charge is -2.19. The summed E-state index contributed by atoms with van der Waals surface area (Å²) in [7, 11) is 1.50. The minimum Gasteiger partial charge on any atom is -0.453 e. The second kappa shape index (κ2) is 7.98. The van der Waals surface area contributed by atoms with Crippen LogP contribution in [0.25, 0.3) is 0 Å². The number of nitrogens with zero attached hydrogens (tertiary/aromatic N) is 1. The maximum absolute atomic E-state index is 12.4. The molecule has 1 heterocycles. The summed E-state index contributed by atoms with van der Waals surface area (Å²) in [5.74, 6) is -1.22. The summed E-state index contributed by atoms with van der Waals surface area (Å²) in [5.41, 5.74) is 1.44. The van der Waals surface area contributed by atoms with Crippen molar-refractivity contribution in [3.8, 4) is 0 Å². The number of amides is 2. The summed E-state index contributed by atoms with van der Waals surface area (Å²) in [5, 5.41) is 3.21. The minimum atomic E-state index is -0.648. The van der Waals surface area contributed by atoms with Crippen molar-refractivity contribution in [3.63, 3.8) is 0 Å². The number of benzene rings is 2. The number of rotatable bonds is 5. The average molecular weight is 407 g/mol. The van der Waals surface area contributed by atoms with Crippen LogP contribution in [0.3, 0.4) is 0 Å². The van der Waals surface area contributed by atoms with Gasteiger partial charge in [-0.05, 0) is 18.2 Å². The second-order valence-corrected chi connectivity index (χ2v) is 6.89. The van der Waals surface area contributed by atoms with Crippen molar-refractivity contribution >= 4 is 46.7 Å². The third kappa shape index (κ3) is 4.23. The Labute approximate surface area is 166 Å². The van der Waals surface area contributed by atoms with Gasteiger partial charge in [0.2, 0.25) is 11.8 Å². The van der Waals surface area contributed by atoms with E-state index >= 15 is 0 Å². The van der Waals surface area contributed by atoms with Gasteiger partial charge in [0.25, 0.3) is 0 Å². The van der Waals surface area contributed by atoms with E-state index in [-0.39, 0.29) is 18.9 Å². The molecule has 2 amide bonds. The summed E-state index contributed by atoms with van der Waals surface area (Å²) in [6.45, 7) is -0.192. The van der Waals surface area contributed by atoms with Crippen LogP contribution >= 0.6 is 23.2 Å². The molecular weight excluding hydrogens is 391 g/mol. The van der Waals surface area contributed by atoms with E-state index < -0.39 is 18.0 Å². The highest BCUT2D eigenvalue weighted by atomic mass is 35.5. The van der Waals surface area contributed by atoms with Crippen LogP contribution in [0.4, 0.5) is 5.69 Å². The number of likely N-dealkylation sites (N-methyl/N-ethyl adjacent to an activating group) is 1. The molecule has 1 aliphatic heterocycles. The molecule has 8 heteroatoms. The summed E-state index contributed by atoms with van der Waals surface area (Å²) < 4.78 is 5.26. The molecule has 0 saturated heterocycles. The number of esters is 1. The van der Waals surface area contributed by atoms with E-state index in [1.807, 2.05) is 0 Å². The third-order valence-corrected chi connectivity index (χ3v) is 4.80. The first-order valence-electron chi connectivity index (χ1n) is 8.14. The molecule has 2 aromatic carbocycles. The van der Waals surface area contributed by atoms with Gasteiger partial charge in [-0.25, -0.2) is 4.79 Å². The highest BCUT2D eigenvalue weighted by molar-refractivity contribution is 6.39. The zero-order valence-electron chi connectivity index (χ0n) is 14.4. The van der Waals surface area contributed by atoms with Crippen molar-refractivity contribution in [1.29, 1.82) is 0 Å². The fourth-order valence-corrected chi connectivity index (χ4v) is 3.28. The molecule has 1 N–H and O–H groups in total. The predicted octanol–water partition coefficient (Wildman–Crippen LogP) is 3.69. The van der Waals surface area contributed by atoms with Gasteiger partial charge < -0.3 is 15.0 Å². The number of halogens is 2. The Hall–Kier alpha value is -2.57. The van der Waals surface area contributed by atoms with E-state index in [0.717, 1.165) is 0 Å². The number of anilines is 1. The van der Waals surface area contributed by atoms with Gasteiger partial charge in [0.15, 0.2) is 0 Å². The Morgan fingerprint density at radius 2 is 1.78 bits per heavy atom. The van der Waals surface area contributed by atoms with Gasteiger partial charge in [-0.15, -0.1) is 0 Å². The Balaban J connectivity index is 1.60. The van der Waals surface area contributed by atoms with Gasteiger partial charge in [0.1, 0.15) is 6.10 Å². The molecule has 6 nitrogen and oxygen atoms in total. The standard InChI is InChI=1S/C19H16Cl2N2O4/c1-23(10-16(24)22-18-13(20)7-4-8-14(18)21)17(25)9-15-11-5-2-3-6-12(11)19(26)27-15/h2-8,15H,9-10H2,1H3,(H,22,24)/t15-/m0/s1. The molecule has 0 radical (unpaired) electrons. The average Bonchev–Trinajstić information content (AvgIpc) is 2.94. The maximum Gasteiger partial charge on any atom is 0.339 e. The number of ether oxygens (including phenoxy) is 1. The molecule has 0 aliphatic carbocycles. The quantitative estimate of drug-likeness (QED) is 0.768. The van der Waals surface area contributed by atoms with Crippen LogP contribution in [0.15, 0.2) is 42.5 Å². The number of carbonyl (C=O) groups excluding carboxylic acids is 3. The van der Waals surface area contributed by atoms with Crippen LogP contribution < -0.4 is 5.32 Å². The van der Waals surface area contributed by atoms with Gasteiger partial charge >= 0.3 is 5.97 Å². The summed E-state index contributed by atoms with van der Waals surface area (Å²) in [4.78, 5) is 37.7. The van der Waals surface area contributed by atoms with E-state index in [1.54, 1.807) is 42.5 Å². The van der Waals surface area contributed by atoms with Gasteiger partial charge in [-0.2, -0.15) is 0 Å². The number of carbonyl (C=O) groups is 3. The largest absolute Gasteiger partial charge is 0.453 e. The molecule has 0 aromatic heterocycles. The first-order valence-corrected chi connectivity index (χ1v) is 8.90. The number of fused-ring (bicyclic) bond motifs is 1. The Morgan fingerprint density at radius 3 is 2.48 bits per heavy atom. The van der Waals surface area contributed by atoms with Crippen molar-refractivity contribution in [2.45, 2.75) is 12.5 Å². The zero-order chi connectivity index (χ0) is 19.6. The van der Waals surface area contributed by atoms with Gasteiger partial charge in [0.05, 0.1) is 34.3 Å². The molecule has 0 unspecified atom stereocenters. The Bertz CT molecular complexity index is 896. The SMILES string of the molecule is CN(CC(=O)Nc1c(Cl)cccc1Cl)C(=O)C[C@@H]1OC(=O)c2ccccc21. The first kappa shape index (κ1) is 19.2. The fraction of sp³-hybridized carbons (Fsp3) is 0.211. The van der Waals surface area contributed by atoms with Crippen molar-refractivity contribution in [2.24, 2.45) is 0 Å². The number of hydrogen-bond donors (Lipinski definition) is 1. The van der Waals surface area contributed by atoms with E-state index in [0.29, 0.717) is 26.9 Å². The smallest absolute Gasteiger partial charge is 0.339 e. The molecule has 1 atom stereocenters. The van der Waals surface area contributed by atoms with Gasteiger partial charge in [-0.3, -0.25) is 9.59 Å². The lowest BCUT2D eigenvalue weighted by Crippen LogP contribution is -2.35. The van der Waals surface area contributed by atoms with Crippen LogP contribution in [0.5, 0.6) is 0 Å². The second-order valence-electron chi connectivity index (χ2n) is 6.08. The lowest BCUT2D eigenvalue weighted by atomic mass is 10.0. The van der Waals surface area contributed by atoms with E-state index in [4.69, 9.17) is 27.9 Å². The highest BCUT2D eigenvalue weighted by Crippen LogP contribution is 2.33. The molecule has 0 spiro atoms. The van der Waals surface area contributed by atoms with Crippen LogP contribution in [-0.2, 0) is 14.3 Å². The normalized spacial score (nSPS) is 15.1. The molecule has 1 aliphatic rings. The maximum atomic E-state index is 12.4. The lowest BCUT2D eigenvalue weighted by molar-refractivity contribution is -0.135. The Kier molecular flexibility index (Phi) is 5.68. The number of para-hydroxylation sites is 1. The number of cyclic esters (lactones) is 1. The topological polar surface area (TPSA) is 75.7 Å². The van der Waals surface area contributed by atoms with Crippen molar-refractivity contribution in [1.82, 2.24) is 4.90 Å². The summed E-state index contributed by atoms with van der Waals surface area (Å²) >= 11 is 12.0. The molecular formula is C19H16Cl2N2O4. The van der Waals surface area contributed by atoms with E-state index in [9.17, 15) is 14.4 Å². The summed E-state index contributed by atoms with van der Waals surface area (Å²) in [6, 6.07) is 11.8. The molecule has 27 heavy (non-hydrogen) atoms. The summed E-state index contributed by atoms with van der Waals surface area (Å²) in [6.07, 6.45) is -0.691. The van der Waals surface area contributed by atoms with E-state index in [2.05, 4.69) is 5.32 Å². The number of hydrogen-bond acceptors (Lipinski definition) is 4. The van der Waals surface area contributed by atoms with Crippen LogP contribution in [0.2, 0.25) is 10.0 Å². The monoisotopic (exact) mass is 406 g/mol. The molecule has 0 saturated carbocycles. The van der Waals surface area contributed by atoms with Crippen molar-refractivity contribution in [2.75, 3.05) is 18.9 Å². The minimum absolute atomic E-state index is 0.0423. The van der Waals surface area contributed by atoms with Crippen molar-refractivity contribution in [3.05, 3.63) is 63.6 Å². The van der Waals surface area contributed by atoms with Gasteiger partial charge in [-0.1, -0.05) is 47.5 Å². The van der Waals surface area contributed by atoms with Crippen molar-refractivity contribution < 1.29 is 19.1 Å². The van der Waals surface area contributed by atoms with Gasteiger partial charge in [0, 0.05) is 12.6 Å². The van der Waals surface area contributed by atoms with E-state index in [1.165, 1.54) is 11.9 Å². The highest BCUT2D eigenvalue weighted by Gasteiger charge is 2.33. The number of nitrogens with one attached hydrogen (secondary N) is 1. The first-order chi connectivity index (χ1) is 12.9. The molecule has 2 aromatic rings. The molecule has 0 fully saturated rings. The molecule has 0 bridgehead atoms. The molecule has 3 rings (SSSR count). The molecule has 140 valence electrons. The third-order valence-electron chi connectivity index (χ3n) is 4.17. The Morgan fingerprint density at radius 1 is 1.11 bits per heavy atom. The zero-order valence-corrected chi connectivity index (χ0v) is 15.9. The van der Waals surface area contributed by atoms with Crippen LogP contribution in [0, 0.1) is 0 Å².